The molecule has 1 heterocycles. The summed E-state index contributed by atoms with van der Waals surface area (Å²) in [5.74, 6) is 2.44. The predicted molar refractivity (Wildman–Crippen MR) is 55.7 cm³/mol. The molecule has 70 valence electrons. The number of hydrogen-bond acceptors (Lipinski definition) is 2. The summed E-state index contributed by atoms with van der Waals surface area (Å²) >= 11 is 2.24. The fourth-order valence-corrected chi connectivity index (χ4v) is 4.26. The molecule has 1 aliphatic heterocycles. The molecule has 2 aliphatic rings. The summed E-state index contributed by atoms with van der Waals surface area (Å²) in [5.41, 5.74) is 0. The van der Waals surface area contributed by atoms with Crippen LogP contribution in [-0.2, 0) is 0 Å². The molecule has 0 aromatic rings. The van der Waals surface area contributed by atoms with Crippen LogP contribution in [0.25, 0.3) is 0 Å². The summed E-state index contributed by atoms with van der Waals surface area (Å²) in [6, 6.07) is 0. The molecule has 0 aromatic heterocycles. The van der Waals surface area contributed by atoms with E-state index >= 15 is 0 Å². The zero-order valence-electron chi connectivity index (χ0n) is 7.94. The Kier molecular flexibility index (Phi) is 2.66. The van der Waals surface area contributed by atoms with Crippen LogP contribution < -0.4 is 5.32 Å². The van der Waals surface area contributed by atoms with Crippen molar-refractivity contribution in [2.24, 2.45) is 5.92 Å². The highest BCUT2D eigenvalue weighted by atomic mass is 32.2. The van der Waals surface area contributed by atoms with Crippen LogP contribution in [0.15, 0.2) is 0 Å². The second-order valence-electron chi connectivity index (χ2n) is 4.17. The third kappa shape index (κ3) is 1.39. The lowest BCUT2D eigenvalue weighted by atomic mass is 9.73. The van der Waals surface area contributed by atoms with Crippen molar-refractivity contribution in [1.29, 1.82) is 0 Å². The SMILES string of the molecule is CNCC1(C2CCC2)CCCS1. The van der Waals surface area contributed by atoms with Crippen LogP contribution >= 0.6 is 11.8 Å². The first-order valence-corrected chi connectivity index (χ1v) is 6.14. The van der Waals surface area contributed by atoms with Crippen molar-refractivity contribution in [3.8, 4) is 0 Å². The minimum absolute atomic E-state index is 0.646. The third-order valence-corrected chi connectivity index (χ3v) is 5.21. The Morgan fingerprint density at radius 1 is 1.42 bits per heavy atom. The first kappa shape index (κ1) is 8.89. The molecule has 0 bridgehead atoms. The second kappa shape index (κ2) is 3.59. The van der Waals surface area contributed by atoms with E-state index in [2.05, 4.69) is 24.1 Å². The zero-order valence-corrected chi connectivity index (χ0v) is 8.75. The fourth-order valence-electron chi connectivity index (χ4n) is 2.56. The Hall–Kier alpha value is 0.310. The molecular weight excluding hydrogens is 166 g/mol. The van der Waals surface area contributed by atoms with Crippen LogP contribution in [-0.4, -0.2) is 24.1 Å². The van der Waals surface area contributed by atoms with E-state index in [1.807, 2.05) is 0 Å². The summed E-state index contributed by atoms with van der Waals surface area (Å²) in [6.45, 7) is 1.24. The molecule has 2 heteroatoms. The molecule has 1 N–H and O–H groups in total. The summed E-state index contributed by atoms with van der Waals surface area (Å²) < 4.78 is 0.646. The molecule has 1 aliphatic carbocycles. The molecule has 2 fully saturated rings. The van der Waals surface area contributed by atoms with Gasteiger partial charge in [0.1, 0.15) is 0 Å². The van der Waals surface area contributed by atoms with Gasteiger partial charge in [0.05, 0.1) is 0 Å². The van der Waals surface area contributed by atoms with Crippen LogP contribution in [0.2, 0.25) is 0 Å². The van der Waals surface area contributed by atoms with E-state index in [4.69, 9.17) is 0 Å². The average Bonchev–Trinajstić information content (AvgIpc) is 2.34. The average molecular weight is 185 g/mol. The van der Waals surface area contributed by atoms with Gasteiger partial charge in [-0.2, -0.15) is 11.8 Å². The van der Waals surface area contributed by atoms with Gasteiger partial charge in [0.15, 0.2) is 0 Å². The van der Waals surface area contributed by atoms with E-state index in [0.717, 1.165) is 5.92 Å². The lowest BCUT2D eigenvalue weighted by molar-refractivity contribution is 0.228. The van der Waals surface area contributed by atoms with Crippen molar-refractivity contribution >= 4 is 11.8 Å². The summed E-state index contributed by atoms with van der Waals surface area (Å²) in [6.07, 6.45) is 7.38. The molecular formula is C10H19NS. The van der Waals surface area contributed by atoms with Crippen molar-refractivity contribution in [1.82, 2.24) is 5.32 Å². The van der Waals surface area contributed by atoms with Crippen molar-refractivity contribution in [2.75, 3.05) is 19.3 Å². The lowest BCUT2D eigenvalue weighted by Crippen LogP contribution is -2.44. The Morgan fingerprint density at radius 3 is 2.67 bits per heavy atom. The van der Waals surface area contributed by atoms with E-state index in [1.165, 1.54) is 44.4 Å². The van der Waals surface area contributed by atoms with Gasteiger partial charge in [0.25, 0.3) is 0 Å². The lowest BCUT2D eigenvalue weighted by Gasteiger charge is -2.42. The highest BCUT2D eigenvalue weighted by Gasteiger charge is 2.43. The van der Waals surface area contributed by atoms with Gasteiger partial charge in [0.2, 0.25) is 0 Å². The molecule has 1 saturated carbocycles. The fraction of sp³-hybridized carbons (Fsp3) is 1.00. The van der Waals surface area contributed by atoms with Crippen molar-refractivity contribution in [2.45, 2.75) is 36.9 Å². The highest BCUT2D eigenvalue weighted by Crippen LogP contribution is 2.50. The van der Waals surface area contributed by atoms with Gasteiger partial charge in [-0.05, 0) is 44.4 Å². The van der Waals surface area contributed by atoms with E-state index < -0.39 is 0 Å². The Labute approximate surface area is 79.7 Å². The van der Waals surface area contributed by atoms with Gasteiger partial charge in [-0.15, -0.1) is 0 Å². The quantitative estimate of drug-likeness (QED) is 0.724. The Bertz CT molecular complexity index is 148. The highest BCUT2D eigenvalue weighted by molar-refractivity contribution is 8.00. The van der Waals surface area contributed by atoms with E-state index in [1.54, 1.807) is 0 Å². The van der Waals surface area contributed by atoms with Crippen molar-refractivity contribution in [3.05, 3.63) is 0 Å². The van der Waals surface area contributed by atoms with Crippen LogP contribution in [0.4, 0.5) is 0 Å². The molecule has 1 atom stereocenters. The third-order valence-electron chi connectivity index (χ3n) is 3.46. The standard InChI is InChI=1S/C10H19NS/c1-11-8-10(6-3-7-12-10)9-4-2-5-9/h9,11H,2-8H2,1H3. The first-order chi connectivity index (χ1) is 5.87. The monoisotopic (exact) mass is 185 g/mol. The van der Waals surface area contributed by atoms with Gasteiger partial charge in [-0.3, -0.25) is 0 Å². The largest absolute Gasteiger partial charge is 0.318 e. The minimum atomic E-state index is 0.646. The molecule has 12 heavy (non-hydrogen) atoms. The topological polar surface area (TPSA) is 12.0 Å². The zero-order chi connectivity index (χ0) is 8.44. The van der Waals surface area contributed by atoms with Crippen LogP contribution in [0, 0.1) is 5.92 Å². The van der Waals surface area contributed by atoms with Crippen LogP contribution in [0.1, 0.15) is 32.1 Å². The molecule has 0 radical (unpaired) electrons. The molecule has 1 saturated heterocycles. The smallest absolute Gasteiger partial charge is 0.0312 e. The molecule has 2 rings (SSSR count). The van der Waals surface area contributed by atoms with Gasteiger partial charge in [-0.1, -0.05) is 6.42 Å². The number of nitrogens with one attached hydrogen (secondary N) is 1. The molecule has 0 spiro atoms. The predicted octanol–water partition coefficient (Wildman–Crippen LogP) is 2.27. The van der Waals surface area contributed by atoms with Crippen molar-refractivity contribution < 1.29 is 0 Å². The van der Waals surface area contributed by atoms with Gasteiger partial charge in [0, 0.05) is 11.3 Å². The van der Waals surface area contributed by atoms with Crippen molar-refractivity contribution in [3.63, 3.8) is 0 Å². The Balaban J connectivity index is 1.99. The van der Waals surface area contributed by atoms with E-state index in [0.29, 0.717) is 4.75 Å². The summed E-state index contributed by atoms with van der Waals surface area (Å²) in [5, 5.41) is 3.38. The summed E-state index contributed by atoms with van der Waals surface area (Å²) in [4.78, 5) is 0. The van der Waals surface area contributed by atoms with Gasteiger partial charge in [-0.25, -0.2) is 0 Å². The van der Waals surface area contributed by atoms with Gasteiger partial charge >= 0.3 is 0 Å². The Morgan fingerprint density at radius 2 is 2.25 bits per heavy atom. The van der Waals surface area contributed by atoms with E-state index in [-0.39, 0.29) is 0 Å². The number of hydrogen-bond donors (Lipinski definition) is 1. The van der Waals surface area contributed by atoms with Gasteiger partial charge < -0.3 is 5.32 Å². The number of rotatable bonds is 3. The first-order valence-electron chi connectivity index (χ1n) is 5.16. The number of thioether (sulfide) groups is 1. The molecule has 1 nitrogen and oxygen atoms in total. The molecule has 0 amide bonds. The van der Waals surface area contributed by atoms with Crippen LogP contribution in [0.5, 0.6) is 0 Å². The maximum absolute atomic E-state index is 3.38. The normalized spacial score (nSPS) is 36.8. The summed E-state index contributed by atoms with van der Waals surface area (Å²) in [7, 11) is 2.10. The van der Waals surface area contributed by atoms with E-state index in [9.17, 15) is 0 Å². The molecule has 0 aromatic carbocycles. The maximum atomic E-state index is 3.38. The second-order valence-corrected chi connectivity index (χ2v) is 5.68. The van der Waals surface area contributed by atoms with Crippen LogP contribution in [0.3, 0.4) is 0 Å². The minimum Gasteiger partial charge on any atom is -0.318 e. The maximum Gasteiger partial charge on any atom is 0.0312 e. The molecule has 1 unspecified atom stereocenters.